The summed E-state index contributed by atoms with van der Waals surface area (Å²) in [5.74, 6) is -0.767. The number of carbonyl (C=O) groups excluding carboxylic acids is 2. The summed E-state index contributed by atoms with van der Waals surface area (Å²) < 4.78 is 13.2. The van der Waals surface area contributed by atoms with Crippen molar-refractivity contribution < 1.29 is 14.0 Å². The van der Waals surface area contributed by atoms with Crippen LogP contribution < -0.4 is 5.43 Å². The third-order valence-corrected chi connectivity index (χ3v) is 6.42. The van der Waals surface area contributed by atoms with Gasteiger partial charge in [-0.1, -0.05) is 12.1 Å². The Balaban J connectivity index is 1.56. The van der Waals surface area contributed by atoms with Crippen molar-refractivity contribution >= 4 is 34.9 Å². The van der Waals surface area contributed by atoms with Gasteiger partial charge in [0.2, 0.25) is 0 Å². The number of aryl methyl sites for hydroxylation is 1. The van der Waals surface area contributed by atoms with Crippen LogP contribution in [0.4, 0.5) is 4.39 Å². The molecule has 1 saturated heterocycles. The van der Waals surface area contributed by atoms with Gasteiger partial charge in [0, 0.05) is 12.4 Å². The van der Waals surface area contributed by atoms with Crippen LogP contribution in [0.25, 0.3) is 10.7 Å². The van der Waals surface area contributed by atoms with E-state index in [1.54, 1.807) is 37.6 Å². The lowest BCUT2D eigenvalue weighted by Crippen LogP contribution is -2.44. The molecule has 1 atom stereocenters. The zero-order valence-electron chi connectivity index (χ0n) is 14.6. The first kappa shape index (κ1) is 18.5. The van der Waals surface area contributed by atoms with Crippen LogP contribution in [0.15, 0.2) is 42.9 Å². The van der Waals surface area contributed by atoms with E-state index in [4.69, 9.17) is 0 Å². The third-order valence-electron chi connectivity index (χ3n) is 4.03. The minimum Gasteiger partial charge on any atom is -0.272 e. The smallest absolute Gasteiger partial charge is 0.272 e. The zero-order chi connectivity index (χ0) is 19.7. The third kappa shape index (κ3) is 3.60. The van der Waals surface area contributed by atoms with Gasteiger partial charge in [-0.2, -0.15) is 0 Å². The second-order valence-electron chi connectivity index (χ2n) is 5.94. The molecule has 0 bridgehead atoms. The van der Waals surface area contributed by atoms with Gasteiger partial charge in [-0.25, -0.2) is 14.4 Å². The topological polar surface area (TPSA) is 88.1 Å². The molecule has 1 aliphatic heterocycles. The Labute approximate surface area is 168 Å². The number of thiazole rings is 1. The summed E-state index contributed by atoms with van der Waals surface area (Å²) in [5, 5.41) is 1.46. The Morgan fingerprint density at radius 2 is 2.07 bits per heavy atom. The van der Waals surface area contributed by atoms with E-state index in [1.807, 2.05) is 0 Å². The van der Waals surface area contributed by atoms with Crippen molar-refractivity contribution in [3.8, 4) is 10.7 Å². The Hall–Kier alpha value is -2.85. The van der Waals surface area contributed by atoms with Crippen molar-refractivity contribution in [2.24, 2.45) is 0 Å². The number of nitrogens with one attached hydrogen (secondary N) is 1. The number of carbonyl (C=O) groups is 2. The van der Waals surface area contributed by atoms with Gasteiger partial charge in [0.1, 0.15) is 26.8 Å². The monoisotopic (exact) mass is 415 g/mol. The van der Waals surface area contributed by atoms with Gasteiger partial charge in [-0.05, 0) is 24.6 Å². The number of thioether (sulfide) groups is 1. The summed E-state index contributed by atoms with van der Waals surface area (Å²) >= 11 is 2.55. The largest absolute Gasteiger partial charge is 0.281 e. The van der Waals surface area contributed by atoms with Gasteiger partial charge in [0.15, 0.2) is 0 Å². The average molecular weight is 415 g/mol. The fraction of sp³-hybridized carbons (Fsp3) is 0.167. The highest BCUT2D eigenvalue weighted by Gasteiger charge is 2.35. The normalized spacial score (nSPS) is 16.4. The molecule has 1 unspecified atom stereocenters. The lowest BCUT2D eigenvalue weighted by molar-refractivity contribution is -0.130. The fourth-order valence-electron chi connectivity index (χ4n) is 2.71. The van der Waals surface area contributed by atoms with Crippen LogP contribution in [0.5, 0.6) is 0 Å². The van der Waals surface area contributed by atoms with Crippen molar-refractivity contribution in [2.75, 3.05) is 5.75 Å². The molecule has 1 N–H and O–H groups in total. The number of aromatic nitrogens is 3. The Kier molecular flexibility index (Phi) is 5.05. The van der Waals surface area contributed by atoms with Gasteiger partial charge in [-0.3, -0.25) is 25.0 Å². The molecule has 1 aliphatic rings. The Morgan fingerprint density at radius 1 is 1.29 bits per heavy atom. The van der Waals surface area contributed by atoms with E-state index >= 15 is 0 Å². The van der Waals surface area contributed by atoms with Gasteiger partial charge in [0.25, 0.3) is 11.8 Å². The molecule has 10 heteroatoms. The highest BCUT2D eigenvalue weighted by molar-refractivity contribution is 8.00. The summed E-state index contributed by atoms with van der Waals surface area (Å²) in [6, 6.07) is 5.88. The first-order valence-corrected chi connectivity index (χ1v) is 10.1. The number of hydrazine groups is 1. The van der Waals surface area contributed by atoms with Crippen LogP contribution in [0.2, 0.25) is 0 Å². The maximum atomic E-state index is 13.2. The predicted octanol–water partition coefficient (Wildman–Crippen LogP) is 2.97. The van der Waals surface area contributed by atoms with E-state index in [0.717, 1.165) is 5.56 Å². The number of benzene rings is 1. The summed E-state index contributed by atoms with van der Waals surface area (Å²) in [5.41, 5.74) is 4.53. The Morgan fingerprint density at radius 3 is 2.79 bits per heavy atom. The fourth-order valence-corrected chi connectivity index (χ4v) is 4.73. The molecule has 0 saturated carbocycles. The number of halogens is 1. The molecular formula is C18H14FN5O2S2. The van der Waals surface area contributed by atoms with E-state index in [9.17, 15) is 14.0 Å². The maximum Gasteiger partial charge on any atom is 0.281 e. The standard InChI is InChI=1S/C18H14FN5O2S2/c1-10-15(28-17(22-10)13-8-20-6-7-21-13)16(26)23-24-14(25)9-27-18(24)11-2-4-12(19)5-3-11/h2-8,18H,9H2,1H3,(H,23,26). The van der Waals surface area contributed by atoms with Gasteiger partial charge in [-0.15, -0.1) is 23.1 Å². The van der Waals surface area contributed by atoms with Crippen molar-refractivity contribution in [3.63, 3.8) is 0 Å². The molecule has 0 spiro atoms. The van der Waals surface area contributed by atoms with Crippen molar-refractivity contribution in [3.05, 3.63) is 64.8 Å². The summed E-state index contributed by atoms with van der Waals surface area (Å²) in [6.07, 6.45) is 4.69. The average Bonchev–Trinajstić information content (AvgIpc) is 3.26. The number of amides is 2. The second-order valence-corrected chi connectivity index (χ2v) is 8.01. The lowest BCUT2D eigenvalue weighted by Gasteiger charge is -2.24. The van der Waals surface area contributed by atoms with Gasteiger partial charge in [0.05, 0.1) is 17.6 Å². The molecule has 2 amide bonds. The molecular weight excluding hydrogens is 401 g/mol. The summed E-state index contributed by atoms with van der Waals surface area (Å²) in [4.78, 5) is 38.1. The number of hydrogen-bond acceptors (Lipinski definition) is 7. The number of rotatable bonds is 4. The van der Waals surface area contributed by atoms with Crippen LogP contribution in [-0.2, 0) is 4.79 Å². The van der Waals surface area contributed by atoms with E-state index in [1.165, 1.54) is 40.2 Å². The predicted molar refractivity (Wildman–Crippen MR) is 104 cm³/mol. The molecule has 3 aromatic rings. The molecule has 3 heterocycles. The van der Waals surface area contributed by atoms with Crippen LogP contribution in [0.1, 0.15) is 26.3 Å². The second kappa shape index (κ2) is 7.64. The molecule has 4 rings (SSSR count). The number of nitrogens with zero attached hydrogens (tertiary/aromatic N) is 4. The molecule has 1 aromatic carbocycles. The SMILES string of the molecule is Cc1nc(-c2cnccn2)sc1C(=O)NN1C(=O)CSC1c1ccc(F)cc1. The van der Waals surface area contributed by atoms with Crippen molar-refractivity contribution in [1.29, 1.82) is 0 Å². The molecule has 142 valence electrons. The molecule has 7 nitrogen and oxygen atoms in total. The van der Waals surface area contributed by atoms with E-state index in [2.05, 4.69) is 20.4 Å². The quantitative estimate of drug-likeness (QED) is 0.705. The first-order chi connectivity index (χ1) is 13.5. The van der Waals surface area contributed by atoms with Crippen LogP contribution in [-0.4, -0.2) is 37.5 Å². The van der Waals surface area contributed by atoms with E-state index < -0.39 is 11.3 Å². The molecule has 1 fully saturated rings. The lowest BCUT2D eigenvalue weighted by atomic mass is 10.2. The summed E-state index contributed by atoms with van der Waals surface area (Å²) in [6.45, 7) is 1.73. The summed E-state index contributed by atoms with van der Waals surface area (Å²) in [7, 11) is 0. The number of hydrogen-bond donors (Lipinski definition) is 1. The molecule has 2 aromatic heterocycles. The van der Waals surface area contributed by atoms with Crippen LogP contribution >= 0.6 is 23.1 Å². The first-order valence-electron chi connectivity index (χ1n) is 8.27. The van der Waals surface area contributed by atoms with Crippen LogP contribution in [0.3, 0.4) is 0 Å². The highest BCUT2D eigenvalue weighted by Crippen LogP contribution is 2.37. The van der Waals surface area contributed by atoms with Crippen molar-refractivity contribution in [2.45, 2.75) is 12.3 Å². The van der Waals surface area contributed by atoms with E-state index in [0.29, 0.717) is 21.3 Å². The van der Waals surface area contributed by atoms with Crippen LogP contribution in [0, 0.1) is 12.7 Å². The minimum atomic E-state index is -0.423. The van der Waals surface area contributed by atoms with E-state index in [-0.39, 0.29) is 17.5 Å². The zero-order valence-corrected chi connectivity index (χ0v) is 16.3. The highest BCUT2D eigenvalue weighted by atomic mass is 32.2. The minimum absolute atomic E-state index is 0.219. The molecule has 0 radical (unpaired) electrons. The van der Waals surface area contributed by atoms with Gasteiger partial charge < -0.3 is 0 Å². The van der Waals surface area contributed by atoms with Gasteiger partial charge >= 0.3 is 0 Å². The van der Waals surface area contributed by atoms with Crippen molar-refractivity contribution in [1.82, 2.24) is 25.4 Å². The maximum absolute atomic E-state index is 13.2. The Bertz CT molecular complexity index is 1030. The molecule has 0 aliphatic carbocycles. The molecule has 28 heavy (non-hydrogen) atoms.